The Kier molecular flexibility index (Phi) is 6.51. The average Bonchev–Trinajstić information content (AvgIpc) is 2.59. The molecule has 0 N–H and O–H groups in total. The molecule has 7 heteroatoms. The Labute approximate surface area is 161 Å². The summed E-state index contributed by atoms with van der Waals surface area (Å²) >= 11 is 6.87. The van der Waals surface area contributed by atoms with Crippen LogP contribution < -0.4 is 4.74 Å². The van der Waals surface area contributed by atoms with Gasteiger partial charge in [0.05, 0.1) is 25.5 Å². The number of non-ortho nitro benzene ring substituents is 1. The van der Waals surface area contributed by atoms with Crippen LogP contribution in [0, 0.1) is 21.4 Å². The molecule has 0 aliphatic heterocycles. The third kappa shape index (κ3) is 4.78. The van der Waals surface area contributed by atoms with Gasteiger partial charge >= 0.3 is 0 Å². The number of nitro groups is 1. The summed E-state index contributed by atoms with van der Waals surface area (Å²) in [4.78, 5) is 10.4. The summed E-state index contributed by atoms with van der Waals surface area (Å²) in [6.45, 7) is 3.97. The first-order valence-corrected chi connectivity index (χ1v) is 8.64. The highest BCUT2D eigenvalue weighted by Gasteiger charge is 2.11. The zero-order valence-electron chi connectivity index (χ0n) is 12.9. The number of halogens is 2. The van der Waals surface area contributed by atoms with E-state index in [0.717, 1.165) is 5.56 Å². The van der Waals surface area contributed by atoms with E-state index in [1.165, 1.54) is 12.1 Å². The van der Waals surface area contributed by atoms with Crippen LogP contribution in [-0.2, 0) is 0 Å². The van der Waals surface area contributed by atoms with Crippen LogP contribution in [0.1, 0.15) is 11.1 Å². The molecule has 0 aromatic heterocycles. The van der Waals surface area contributed by atoms with Crippen LogP contribution in [0.4, 0.5) is 5.69 Å². The molecular formula is C18H12Br2N2O3. The summed E-state index contributed by atoms with van der Waals surface area (Å²) in [6, 6.07) is 11.7. The second kappa shape index (κ2) is 8.60. The number of nitro benzene ring substituents is 1. The van der Waals surface area contributed by atoms with Gasteiger partial charge in [-0.05, 0) is 61.2 Å². The minimum atomic E-state index is -0.489. The Morgan fingerprint density at radius 3 is 2.56 bits per heavy atom. The SMILES string of the molecule is C=CCOc1c(Br)cc(C=C(C#N)c2cccc([N+](=O)[O-])c2)cc1Br. The topological polar surface area (TPSA) is 76.2 Å². The van der Waals surface area contributed by atoms with Gasteiger partial charge in [-0.25, -0.2) is 0 Å². The Bertz CT molecular complexity index is 878. The lowest BCUT2D eigenvalue weighted by molar-refractivity contribution is -0.384. The van der Waals surface area contributed by atoms with Gasteiger partial charge in [-0.15, -0.1) is 0 Å². The molecule has 0 radical (unpaired) electrons. The van der Waals surface area contributed by atoms with Crippen LogP contribution in [0.5, 0.6) is 5.75 Å². The summed E-state index contributed by atoms with van der Waals surface area (Å²) in [5.74, 6) is 0.630. The monoisotopic (exact) mass is 462 g/mol. The molecule has 0 spiro atoms. The van der Waals surface area contributed by atoms with Crippen molar-refractivity contribution in [3.8, 4) is 11.8 Å². The largest absolute Gasteiger partial charge is 0.487 e. The zero-order valence-corrected chi connectivity index (χ0v) is 16.1. The molecule has 0 bridgehead atoms. The summed E-state index contributed by atoms with van der Waals surface area (Å²) in [5, 5.41) is 20.3. The van der Waals surface area contributed by atoms with Crippen LogP contribution >= 0.6 is 31.9 Å². The van der Waals surface area contributed by atoms with Gasteiger partial charge in [0.15, 0.2) is 0 Å². The van der Waals surface area contributed by atoms with E-state index in [0.29, 0.717) is 32.4 Å². The highest BCUT2D eigenvalue weighted by atomic mass is 79.9. The maximum atomic E-state index is 10.9. The molecule has 0 atom stereocenters. The van der Waals surface area contributed by atoms with E-state index >= 15 is 0 Å². The molecule has 2 aromatic carbocycles. The lowest BCUT2D eigenvalue weighted by Gasteiger charge is -2.10. The van der Waals surface area contributed by atoms with Crippen molar-refractivity contribution in [1.29, 1.82) is 5.26 Å². The molecule has 0 amide bonds. The summed E-state index contributed by atoms with van der Waals surface area (Å²) in [5.41, 5.74) is 1.49. The van der Waals surface area contributed by atoms with Crippen LogP contribution in [0.25, 0.3) is 11.6 Å². The fourth-order valence-corrected chi connectivity index (χ4v) is 3.53. The number of rotatable bonds is 6. The second-order valence-corrected chi connectivity index (χ2v) is 6.60. The van der Waals surface area contributed by atoms with Crippen molar-refractivity contribution in [2.75, 3.05) is 6.61 Å². The molecular weight excluding hydrogens is 452 g/mol. The molecule has 0 aliphatic rings. The van der Waals surface area contributed by atoms with Crippen molar-refractivity contribution in [1.82, 2.24) is 0 Å². The molecule has 0 heterocycles. The van der Waals surface area contributed by atoms with Gasteiger partial charge in [-0.2, -0.15) is 5.26 Å². The molecule has 126 valence electrons. The van der Waals surface area contributed by atoms with Crippen LogP contribution in [0.2, 0.25) is 0 Å². The zero-order chi connectivity index (χ0) is 18.4. The minimum Gasteiger partial charge on any atom is -0.487 e. The molecule has 0 unspecified atom stereocenters. The van der Waals surface area contributed by atoms with E-state index in [2.05, 4.69) is 44.5 Å². The van der Waals surface area contributed by atoms with Crippen molar-refractivity contribution >= 4 is 49.2 Å². The maximum absolute atomic E-state index is 10.9. The van der Waals surface area contributed by atoms with E-state index in [1.54, 1.807) is 36.4 Å². The highest BCUT2D eigenvalue weighted by Crippen LogP contribution is 2.36. The highest BCUT2D eigenvalue weighted by molar-refractivity contribution is 9.11. The normalized spacial score (nSPS) is 10.8. The molecule has 0 fully saturated rings. The Morgan fingerprint density at radius 1 is 1.32 bits per heavy atom. The van der Waals surface area contributed by atoms with Crippen LogP contribution in [0.15, 0.2) is 58.0 Å². The average molecular weight is 464 g/mol. The molecule has 5 nitrogen and oxygen atoms in total. The van der Waals surface area contributed by atoms with Gasteiger partial charge in [0.2, 0.25) is 0 Å². The van der Waals surface area contributed by atoms with Gasteiger partial charge in [-0.1, -0.05) is 24.8 Å². The summed E-state index contributed by atoms with van der Waals surface area (Å²) in [7, 11) is 0. The first-order valence-electron chi connectivity index (χ1n) is 7.05. The number of nitriles is 1. The Balaban J connectivity index is 2.43. The van der Waals surface area contributed by atoms with Gasteiger partial charge in [0, 0.05) is 12.1 Å². The lowest BCUT2D eigenvalue weighted by atomic mass is 10.0. The number of benzene rings is 2. The fourth-order valence-electron chi connectivity index (χ4n) is 2.08. The van der Waals surface area contributed by atoms with E-state index < -0.39 is 4.92 Å². The van der Waals surface area contributed by atoms with E-state index in [9.17, 15) is 15.4 Å². The molecule has 2 aromatic rings. The molecule has 2 rings (SSSR count). The third-order valence-electron chi connectivity index (χ3n) is 3.17. The smallest absolute Gasteiger partial charge is 0.270 e. The number of nitrogens with zero attached hydrogens (tertiary/aromatic N) is 2. The Hall–Kier alpha value is -2.43. The fraction of sp³-hybridized carbons (Fsp3) is 0.0556. The summed E-state index contributed by atoms with van der Waals surface area (Å²) in [6.07, 6.45) is 3.30. The first kappa shape index (κ1) is 18.9. The van der Waals surface area contributed by atoms with Crippen LogP contribution in [-0.4, -0.2) is 11.5 Å². The quantitative estimate of drug-likeness (QED) is 0.180. The predicted molar refractivity (Wildman–Crippen MR) is 104 cm³/mol. The van der Waals surface area contributed by atoms with E-state index in [-0.39, 0.29) is 5.69 Å². The van der Waals surface area contributed by atoms with Crippen molar-refractivity contribution < 1.29 is 9.66 Å². The third-order valence-corrected chi connectivity index (χ3v) is 4.34. The molecule has 0 saturated heterocycles. The minimum absolute atomic E-state index is 0.0609. The summed E-state index contributed by atoms with van der Waals surface area (Å²) < 4.78 is 6.99. The van der Waals surface area contributed by atoms with Gasteiger partial charge in [-0.3, -0.25) is 10.1 Å². The second-order valence-electron chi connectivity index (χ2n) is 4.89. The standard InChI is InChI=1S/C18H12Br2N2O3/c1-2-6-25-18-16(19)8-12(9-17(18)20)7-14(11-21)13-4-3-5-15(10-13)22(23)24/h2-5,7-10H,1,6H2. The first-order chi connectivity index (χ1) is 12.0. The van der Waals surface area contributed by atoms with Crippen molar-refractivity contribution in [2.24, 2.45) is 0 Å². The predicted octanol–water partition coefficient (Wildman–Crippen LogP) is 5.75. The van der Waals surface area contributed by atoms with Crippen molar-refractivity contribution in [3.63, 3.8) is 0 Å². The van der Waals surface area contributed by atoms with Crippen molar-refractivity contribution in [2.45, 2.75) is 0 Å². The van der Waals surface area contributed by atoms with Gasteiger partial charge in [0.1, 0.15) is 12.4 Å². The van der Waals surface area contributed by atoms with E-state index in [4.69, 9.17) is 4.74 Å². The molecule has 0 saturated carbocycles. The molecule has 0 aliphatic carbocycles. The number of allylic oxidation sites excluding steroid dienone is 1. The Morgan fingerprint density at radius 2 is 2.00 bits per heavy atom. The maximum Gasteiger partial charge on any atom is 0.270 e. The van der Waals surface area contributed by atoms with Crippen LogP contribution in [0.3, 0.4) is 0 Å². The van der Waals surface area contributed by atoms with Gasteiger partial charge < -0.3 is 4.74 Å². The number of hydrogen-bond donors (Lipinski definition) is 0. The van der Waals surface area contributed by atoms with Crippen molar-refractivity contribution in [3.05, 3.63) is 79.2 Å². The lowest BCUT2D eigenvalue weighted by Crippen LogP contribution is -1.95. The van der Waals surface area contributed by atoms with Gasteiger partial charge in [0.25, 0.3) is 5.69 Å². The number of ether oxygens (including phenoxy) is 1. The molecule has 25 heavy (non-hydrogen) atoms. The number of hydrogen-bond acceptors (Lipinski definition) is 4. The van der Waals surface area contributed by atoms with E-state index in [1.807, 2.05) is 0 Å².